The molecule has 0 spiro atoms. The maximum absolute atomic E-state index is 13.0. The first-order valence-corrected chi connectivity index (χ1v) is 10.8. The molecular formula is C22H27N3O9. The Kier molecular flexibility index (Phi) is 9.08. The van der Waals surface area contributed by atoms with Gasteiger partial charge in [0.1, 0.15) is 11.8 Å². The lowest BCUT2D eigenvalue weighted by molar-refractivity contribution is -0.136. The van der Waals surface area contributed by atoms with E-state index in [1.54, 1.807) is 7.11 Å². The lowest BCUT2D eigenvalue weighted by atomic mass is 10.0. The molecule has 12 nitrogen and oxygen atoms in total. The zero-order chi connectivity index (χ0) is 24.5. The normalized spacial score (nSPS) is 17.6. The fraction of sp³-hybridized carbons (Fsp3) is 0.500. The molecule has 1 saturated heterocycles. The molecule has 184 valence electrons. The Bertz CT molecular complexity index is 950. The Morgan fingerprint density at radius 2 is 1.79 bits per heavy atom. The van der Waals surface area contributed by atoms with E-state index in [1.807, 2.05) is 0 Å². The average Bonchev–Trinajstić information content (AvgIpc) is 3.07. The average molecular weight is 477 g/mol. The summed E-state index contributed by atoms with van der Waals surface area (Å²) < 4.78 is 20.9. The molecule has 0 aliphatic carbocycles. The minimum absolute atomic E-state index is 0.0122. The van der Waals surface area contributed by atoms with Crippen molar-refractivity contribution in [2.24, 2.45) is 0 Å². The third kappa shape index (κ3) is 6.16. The summed E-state index contributed by atoms with van der Waals surface area (Å²) in [6, 6.07) is 3.36. The molecule has 12 heteroatoms. The van der Waals surface area contributed by atoms with Gasteiger partial charge in [0.2, 0.25) is 11.8 Å². The quantitative estimate of drug-likeness (QED) is 0.277. The second-order valence-corrected chi connectivity index (χ2v) is 7.48. The molecule has 5 amide bonds. The highest BCUT2D eigenvalue weighted by Crippen LogP contribution is 2.33. The molecule has 3 rings (SSSR count). The first kappa shape index (κ1) is 25.3. The van der Waals surface area contributed by atoms with Crippen LogP contribution < -0.4 is 15.4 Å². The van der Waals surface area contributed by atoms with E-state index in [-0.39, 0.29) is 49.5 Å². The number of carbonyl (C=O) groups excluding carboxylic acids is 5. The largest absolute Gasteiger partial charge is 0.483 e. The van der Waals surface area contributed by atoms with E-state index in [9.17, 15) is 24.0 Å². The standard InChI is InChI=1S/C22H27N3O9/c1-31-9-10-33-12-11-32-8-7-23-18(27)13-34-16-4-2-3-14-19(16)22(30)25(21(14)29)15-5-6-17(26)24-20(15)28/h2-4,15H,5-13H2,1H3,(H,23,27)(H,24,26,28). The molecular weight excluding hydrogens is 450 g/mol. The van der Waals surface area contributed by atoms with Crippen LogP contribution in [0.3, 0.4) is 0 Å². The van der Waals surface area contributed by atoms with Gasteiger partial charge in [0.25, 0.3) is 17.7 Å². The van der Waals surface area contributed by atoms with E-state index in [2.05, 4.69) is 10.6 Å². The van der Waals surface area contributed by atoms with Crippen LogP contribution in [0.5, 0.6) is 5.75 Å². The van der Waals surface area contributed by atoms with Crippen LogP contribution in [0.2, 0.25) is 0 Å². The molecule has 2 aliphatic heterocycles. The SMILES string of the molecule is COCCOCCOCCNC(=O)COc1cccc2c1C(=O)N(C1CCC(=O)NC1=O)C2=O. The van der Waals surface area contributed by atoms with Crippen LogP contribution in [0.1, 0.15) is 33.6 Å². The number of methoxy groups -OCH3 is 1. The van der Waals surface area contributed by atoms with Gasteiger partial charge in [-0.3, -0.25) is 34.2 Å². The number of nitrogens with zero attached hydrogens (tertiary/aromatic N) is 1. The molecule has 2 N–H and O–H groups in total. The molecule has 2 heterocycles. The lowest BCUT2D eigenvalue weighted by Crippen LogP contribution is -2.54. The highest BCUT2D eigenvalue weighted by Gasteiger charge is 2.46. The molecule has 1 unspecified atom stereocenters. The minimum atomic E-state index is -1.08. The molecule has 0 saturated carbocycles. The van der Waals surface area contributed by atoms with E-state index in [0.29, 0.717) is 26.4 Å². The Hall–Kier alpha value is -3.35. The second-order valence-electron chi connectivity index (χ2n) is 7.48. The number of benzene rings is 1. The summed E-state index contributed by atoms with van der Waals surface area (Å²) >= 11 is 0. The third-order valence-electron chi connectivity index (χ3n) is 5.16. The molecule has 1 aromatic rings. The van der Waals surface area contributed by atoms with Gasteiger partial charge in [-0.25, -0.2) is 0 Å². The number of hydrogen-bond donors (Lipinski definition) is 2. The van der Waals surface area contributed by atoms with Crippen LogP contribution in [0, 0.1) is 0 Å². The maximum Gasteiger partial charge on any atom is 0.266 e. The predicted octanol–water partition coefficient (Wildman–Crippen LogP) is -0.738. The van der Waals surface area contributed by atoms with Crippen molar-refractivity contribution in [1.29, 1.82) is 0 Å². The number of fused-ring (bicyclic) bond motifs is 1. The summed E-state index contributed by atoms with van der Waals surface area (Å²) in [6.07, 6.45) is 0.0774. The predicted molar refractivity (Wildman–Crippen MR) is 115 cm³/mol. The van der Waals surface area contributed by atoms with Crippen LogP contribution in [0.15, 0.2) is 18.2 Å². The molecule has 1 fully saturated rings. The van der Waals surface area contributed by atoms with Gasteiger partial charge in [0, 0.05) is 20.1 Å². The Morgan fingerprint density at radius 3 is 2.53 bits per heavy atom. The Balaban J connectivity index is 1.48. The van der Waals surface area contributed by atoms with Crippen molar-refractivity contribution >= 4 is 29.5 Å². The van der Waals surface area contributed by atoms with Gasteiger partial charge in [-0.2, -0.15) is 0 Å². The van der Waals surface area contributed by atoms with Crippen molar-refractivity contribution in [3.8, 4) is 5.75 Å². The van der Waals surface area contributed by atoms with E-state index in [1.165, 1.54) is 18.2 Å². The van der Waals surface area contributed by atoms with Crippen LogP contribution >= 0.6 is 0 Å². The van der Waals surface area contributed by atoms with Crippen LogP contribution in [0.25, 0.3) is 0 Å². The van der Waals surface area contributed by atoms with Crippen molar-refractivity contribution in [2.75, 3.05) is 53.3 Å². The molecule has 2 aliphatic rings. The zero-order valence-electron chi connectivity index (χ0n) is 18.8. The summed E-state index contributed by atoms with van der Waals surface area (Å²) in [5.41, 5.74) is 0.0653. The van der Waals surface area contributed by atoms with Crippen LogP contribution in [0.4, 0.5) is 0 Å². The van der Waals surface area contributed by atoms with Crippen molar-refractivity contribution in [3.05, 3.63) is 29.3 Å². The van der Waals surface area contributed by atoms with Gasteiger partial charge in [0.15, 0.2) is 6.61 Å². The number of carbonyl (C=O) groups is 5. The first-order valence-electron chi connectivity index (χ1n) is 10.8. The van der Waals surface area contributed by atoms with Crippen LogP contribution in [-0.4, -0.2) is 93.8 Å². The summed E-state index contributed by atoms with van der Waals surface area (Å²) in [5.74, 6) is -2.87. The minimum Gasteiger partial charge on any atom is -0.483 e. The van der Waals surface area contributed by atoms with Gasteiger partial charge in [-0.15, -0.1) is 0 Å². The maximum atomic E-state index is 13.0. The van der Waals surface area contributed by atoms with Gasteiger partial charge in [-0.1, -0.05) is 6.07 Å². The number of ether oxygens (including phenoxy) is 4. The molecule has 0 radical (unpaired) electrons. The van der Waals surface area contributed by atoms with Crippen molar-refractivity contribution < 1.29 is 42.9 Å². The van der Waals surface area contributed by atoms with E-state index >= 15 is 0 Å². The van der Waals surface area contributed by atoms with Crippen molar-refractivity contribution in [1.82, 2.24) is 15.5 Å². The molecule has 0 bridgehead atoms. The number of imide groups is 2. The number of nitrogens with one attached hydrogen (secondary N) is 2. The van der Waals surface area contributed by atoms with Gasteiger partial charge < -0.3 is 24.3 Å². The third-order valence-corrected chi connectivity index (χ3v) is 5.16. The highest BCUT2D eigenvalue weighted by molar-refractivity contribution is 6.24. The lowest BCUT2D eigenvalue weighted by Gasteiger charge is -2.27. The molecule has 0 aromatic heterocycles. The number of amides is 5. The highest BCUT2D eigenvalue weighted by atomic mass is 16.5. The topological polar surface area (TPSA) is 150 Å². The van der Waals surface area contributed by atoms with Crippen molar-refractivity contribution in [2.45, 2.75) is 18.9 Å². The van der Waals surface area contributed by atoms with Crippen LogP contribution in [-0.2, 0) is 28.6 Å². The van der Waals surface area contributed by atoms with E-state index in [4.69, 9.17) is 18.9 Å². The summed E-state index contributed by atoms with van der Waals surface area (Å²) in [5, 5.41) is 4.77. The second kappa shape index (κ2) is 12.2. The van der Waals surface area contributed by atoms with E-state index < -0.39 is 35.6 Å². The van der Waals surface area contributed by atoms with Crippen molar-refractivity contribution in [3.63, 3.8) is 0 Å². The zero-order valence-corrected chi connectivity index (χ0v) is 18.8. The smallest absolute Gasteiger partial charge is 0.266 e. The summed E-state index contributed by atoms with van der Waals surface area (Å²) in [4.78, 5) is 62.3. The molecule has 1 aromatic carbocycles. The monoisotopic (exact) mass is 477 g/mol. The fourth-order valence-electron chi connectivity index (χ4n) is 3.53. The Labute approximate surface area is 195 Å². The van der Waals surface area contributed by atoms with E-state index in [0.717, 1.165) is 4.90 Å². The van der Waals surface area contributed by atoms with Gasteiger partial charge in [0.05, 0.1) is 44.2 Å². The fourth-order valence-corrected chi connectivity index (χ4v) is 3.53. The molecule has 1 atom stereocenters. The number of piperidine rings is 1. The first-order chi connectivity index (χ1) is 16.4. The number of rotatable bonds is 13. The van der Waals surface area contributed by atoms with Gasteiger partial charge in [-0.05, 0) is 18.6 Å². The summed E-state index contributed by atoms with van der Waals surface area (Å²) in [6.45, 7) is 1.96. The summed E-state index contributed by atoms with van der Waals surface area (Å²) in [7, 11) is 1.59. The Morgan fingerprint density at radius 1 is 1.06 bits per heavy atom. The number of hydrogen-bond acceptors (Lipinski definition) is 9. The molecule has 34 heavy (non-hydrogen) atoms. The van der Waals surface area contributed by atoms with Gasteiger partial charge >= 0.3 is 0 Å².